The fourth-order valence-corrected chi connectivity index (χ4v) is 12.1. The molecule has 0 aromatic rings. The van der Waals surface area contributed by atoms with Crippen molar-refractivity contribution in [2.45, 2.75) is 136 Å². The first-order chi connectivity index (χ1) is 21.3. The first kappa shape index (κ1) is 34.5. The summed E-state index contributed by atoms with van der Waals surface area (Å²) >= 11 is 0. The van der Waals surface area contributed by atoms with Gasteiger partial charge in [0.2, 0.25) is 6.29 Å². The number of ketones is 1. The van der Waals surface area contributed by atoms with Gasteiger partial charge in [-0.1, -0.05) is 60.1 Å². The second kappa shape index (κ2) is 11.1. The summed E-state index contributed by atoms with van der Waals surface area (Å²) in [6, 6.07) is 0. The number of Topliss-reactive ketones (excluding diaryl/α,β-unsaturated/α-hetero) is 1. The first-order valence-corrected chi connectivity index (χ1v) is 17.5. The third kappa shape index (κ3) is 4.32. The smallest absolute Gasteiger partial charge is 0.315 e. The molecule has 0 unspecified atom stereocenters. The maximum atomic E-state index is 14.4. The largest absolute Gasteiger partial charge is 0.432 e. The van der Waals surface area contributed by atoms with E-state index in [1.165, 1.54) is 0 Å². The molecule has 0 radical (unpaired) electrons. The van der Waals surface area contributed by atoms with Crippen LogP contribution in [-0.4, -0.2) is 91.9 Å². The van der Waals surface area contributed by atoms with Gasteiger partial charge in [0.05, 0.1) is 24.2 Å². The lowest BCUT2D eigenvalue weighted by atomic mass is 9.32. The molecule has 0 spiro atoms. The normalized spacial score (nSPS) is 54.8. The van der Waals surface area contributed by atoms with Crippen molar-refractivity contribution < 1.29 is 49.7 Å². The van der Waals surface area contributed by atoms with Crippen molar-refractivity contribution in [2.24, 2.45) is 56.7 Å². The summed E-state index contributed by atoms with van der Waals surface area (Å²) in [4.78, 5) is 27.6. The summed E-state index contributed by atoms with van der Waals surface area (Å²) < 4.78 is 11.5. The molecule has 260 valence electrons. The summed E-state index contributed by atoms with van der Waals surface area (Å²) in [6.07, 6.45) is -3.27. The fourth-order valence-electron chi connectivity index (χ4n) is 12.1. The predicted octanol–water partition coefficient (Wildman–Crippen LogP) is 2.50. The minimum absolute atomic E-state index is 0.0677. The number of hydrogen-bond donors (Lipinski definition) is 6. The van der Waals surface area contributed by atoms with Crippen LogP contribution in [0.3, 0.4) is 0 Å². The highest BCUT2D eigenvalue weighted by Crippen LogP contribution is 2.75. The second-order valence-electron chi connectivity index (χ2n) is 17.3. The van der Waals surface area contributed by atoms with E-state index in [1.807, 2.05) is 19.9 Å². The molecular weight excluding hydrogens is 592 g/mol. The number of esters is 1. The zero-order valence-electron chi connectivity index (χ0n) is 28.5. The van der Waals surface area contributed by atoms with Gasteiger partial charge in [0.15, 0.2) is 0 Å². The number of ether oxygens (including phenoxy) is 2. The predicted molar refractivity (Wildman–Crippen MR) is 167 cm³/mol. The van der Waals surface area contributed by atoms with Gasteiger partial charge < -0.3 is 40.1 Å². The maximum absolute atomic E-state index is 14.4. The number of aliphatic hydroxyl groups excluding tert-OH is 6. The molecule has 4 saturated carbocycles. The summed E-state index contributed by atoms with van der Waals surface area (Å²) in [5.41, 5.74) is -2.03. The van der Waals surface area contributed by atoms with Crippen LogP contribution in [0.5, 0.6) is 0 Å². The van der Waals surface area contributed by atoms with Crippen LogP contribution in [0, 0.1) is 56.7 Å². The Kier molecular flexibility index (Phi) is 8.28. The Balaban J connectivity index is 1.41. The van der Waals surface area contributed by atoms with Gasteiger partial charge in [-0.2, -0.15) is 0 Å². The summed E-state index contributed by atoms with van der Waals surface area (Å²) in [6.45, 7) is 14.3. The average Bonchev–Trinajstić information content (AvgIpc) is 2.99. The van der Waals surface area contributed by atoms with E-state index in [4.69, 9.17) is 9.47 Å². The van der Waals surface area contributed by atoms with Crippen molar-refractivity contribution in [1.82, 2.24) is 0 Å². The number of carbonyl (C=O) groups excluding carboxylic acids is 2. The molecule has 46 heavy (non-hydrogen) atoms. The van der Waals surface area contributed by atoms with Crippen molar-refractivity contribution in [2.75, 3.05) is 6.61 Å². The first-order valence-electron chi connectivity index (χ1n) is 17.5. The van der Waals surface area contributed by atoms with Gasteiger partial charge in [0.1, 0.15) is 30.2 Å². The van der Waals surface area contributed by atoms with Gasteiger partial charge >= 0.3 is 5.97 Å². The van der Waals surface area contributed by atoms with Crippen LogP contribution in [0.1, 0.15) is 93.4 Å². The van der Waals surface area contributed by atoms with E-state index in [-0.39, 0.29) is 35.9 Å². The van der Waals surface area contributed by atoms with Crippen molar-refractivity contribution >= 4 is 11.8 Å². The second-order valence-corrected chi connectivity index (χ2v) is 17.3. The number of allylic oxidation sites excluding steroid dienone is 1. The molecule has 10 nitrogen and oxygen atoms in total. The molecule has 5 fully saturated rings. The molecule has 1 aliphatic heterocycles. The number of carbonyl (C=O) groups is 2. The molecule has 6 rings (SSSR count). The topological polar surface area (TPSA) is 174 Å². The maximum Gasteiger partial charge on any atom is 0.315 e. The van der Waals surface area contributed by atoms with E-state index in [1.54, 1.807) is 0 Å². The zero-order chi connectivity index (χ0) is 33.9. The molecule has 1 saturated heterocycles. The highest BCUT2D eigenvalue weighted by atomic mass is 16.7. The molecule has 16 atom stereocenters. The Hall–Kier alpha value is -1.40. The SMILES string of the molecule is C[C@H]1[C@H](C)CC[C@]2(C(=O)O[C@@H]3O[C@H](CO)[C@@H](O)[C@H](O)[C@H]3O)CC[C@]3(C)C(=C[C@@H](O)[C@@H]4[C@@]5(C)[C@H](O)CC(=O)C(C)(C)[C@@H]5CC[C@]43C)[C@H]12. The highest BCUT2D eigenvalue weighted by molar-refractivity contribution is 5.86. The van der Waals surface area contributed by atoms with Crippen LogP contribution in [0.4, 0.5) is 0 Å². The lowest BCUT2D eigenvalue weighted by molar-refractivity contribution is -0.298. The van der Waals surface area contributed by atoms with Gasteiger partial charge in [0.25, 0.3) is 0 Å². The lowest BCUT2D eigenvalue weighted by Gasteiger charge is -2.72. The molecule has 0 aromatic carbocycles. The molecule has 1 heterocycles. The summed E-state index contributed by atoms with van der Waals surface area (Å²) in [5, 5.41) is 64.9. The summed E-state index contributed by atoms with van der Waals surface area (Å²) in [5.74, 6) is -0.734. The molecule has 5 aliphatic carbocycles. The van der Waals surface area contributed by atoms with Crippen LogP contribution in [0.15, 0.2) is 11.6 Å². The van der Waals surface area contributed by atoms with E-state index in [0.717, 1.165) is 24.8 Å². The van der Waals surface area contributed by atoms with E-state index in [2.05, 4.69) is 34.6 Å². The van der Waals surface area contributed by atoms with E-state index in [9.17, 15) is 40.2 Å². The zero-order valence-corrected chi connectivity index (χ0v) is 28.5. The standard InChI is InChI=1S/C36H56O10/c1-17-8-11-36(31(44)46-30-28(43)27(42)26(41)21(16-37)45-30)13-12-33(5)19(25(36)18(17)2)14-20(38)29-34(33,6)10-9-22-32(3,4)23(39)15-24(40)35(22,29)7/h14,17-18,20-22,24-30,37-38,40-43H,8-13,15-16H2,1-7H3/t17-,18+,20-,21-,22+,24-,25+,26-,27+,28-,29+,30+,33-,34-,35-,36+/m1/s1. The molecule has 0 amide bonds. The molecule has 0 aromatic heterocycles. The van der Waals surface area contributed by atoms with Crippen molar-refractivity contribution in [3.05, 3.63) is 11.6 Å². The molecule has 10 heteroatoms. The van der Waals surface area contributed by atoms with Crippen LogP contribution < -0.4 is 0 Å². The molecular formula is C36H56O10. The Morgan fingerprint density at radius 1 is 0.935 bits per heavy atom. The van der Waals surface area contributed by atoms with Crippen molar-refractivity contribution in [3.63, 3.8) is 0 Å². The Bertz CT molecular complexity index is 1280. The quantitative estimate of drug-likeness (QED) is 0.197. The van der Waals surface area contributed by atoms with Gasteiger partial charge in [-0.15, -0.1) is 0 Å². The molecule has 6 N–H and O–H groups in total. The highest BCUT2D eigenvalue weighted by Gasteiger charge is 2.73. The number of aliphatic hydroxyl groups is 6. The number of fused-ring (bicyclic) bond motifs is 7. The average molecular weight is 649 g/mol. The van der Waals surface area contributed by atoms with Gasteiger partial charge in [0, 0.05) is 23.2 Å². The third-order valence-corrected chi connectivity index (χ3v) is 15.3. The van der Waals surface area contributed by atoms with Crippen molar-refractivity contribution in [3.8, 4) is 0 Å². The van der Waals surface area contributed by atoms with Gasteiger partial charge in [-0.25, -0.2) is 0 Å². The van der Waals surface area contributed by atoms with Crippen molar-refractivity contribution in [1.29, 1.82) is 0 Å². The Morgan fingerprint density at radius 2 is 1.61 bits per heavy atom. The number of rotatable bonds is 3. The van der Waals surface area contributed by atoms with Gasteiger partial charge in [-0.05, 0) is 73.0 Å². The molecule has 6 aliphatic rings. The number of hydrogen-bond acceptors (Lipinski definition) is 10. The van der Waals surface area contributed by atoms with Crippen LogP contribution in [-0.2, 0) is 19.1 Å². The lowest BCUT2D eigenvalue weighted by Crippen LogP contribution is -2.70. The fraction of sp³-hybridized carbons (Fsp3) is 0.889. The van der Waals surface area contributed by atoms with Crippen LogP contribution in [0.2, 0.25) is 0 Å². The van der Waals surface area contributed by atoms with Crippen LogP contribution in [0.25, 0.3) is 0 Å². The third-order valence-electron chi connectivity index (χ3n) is 15.3. The summed E-state index contributed by atoms with van der Waals surface area (Å²) in [7, 11) is 0. The Labute approximate surface area is 272 Å². The van der Waals surface area contributed by atoms with E-state index >= 15 is 0 Å². The minimum atomic E-state index is -1.69. The van der Waals surface area contributed by atoms with Crippen LogP contribution >= 0.6 is 0 Å². The van der Waals surface area contributed by atoms with E-state index in [0.29, 0.717) is 25.2 Å². The monoisotopic (exact) mass is 648 g/mol. The molecule has 0 bridgehead atoms. The minimum Gasteiger partial charge on any atom is -0.432 e. The Morgan fingerprint density at radius 3 is 2.26 bits per heavy atom. The van der Waals surface area contributed by atoms with Gasteiger partial charge in [-0.3, -0.25) is 9.59 Å². The van der Waals surface area contributed by atoms with E-state index < -0.39 is 82.6 Å².